The number of halogens is 8. The van der Waals surface area contributed by atoms with Crippen molar-refractivity contribution in [1.82, 2.24) is 0 Å². The van der Waals surface area contributed by atoms with Crippen LogP contribution >= 0.6 is 92.8 Å². The molecule has 0 spiro atoms. The molecule has 352 valence electrons. The maximum absolute atomic E-state index is 10.7. The van der Waals surface area contributed by atoms with Crippen LogP contribution in [0.3, 0.4) is 0 Å². The molecule has 0 amide bonds. The second kappa shape index (κ2) is 47.7. The Hall–Kier alpha value is 0.184. The summed E-state index contributed by atoms with van der Waals surface area (Å²) < 4.78 is 19.8. The van der Waals surface area contributed by atoms with Crippen molar-refractivity contribution in [2.45, 2.75) is 51.4 Å². The molecule has 0 aromatic heterocycles. The van der Waals surface area contributed by atoms with E-state index >= 15 is 0 Å². The van der Waals surface area contributed by atoms with Gasteiger partial charge in [-0.15, -0.1) is 0 Å². The van der Waals surface area contributed by atoms with Crippen LogP contribution in [0.25, 0.3) is 0 Å². The van der Waals surface area contributed by atoms with Crippen LogP contribution in [-0.4, -0.2) is 52.9 Å². The molecule has 62 heavy (non-hydrogen) atoms. The number of rotatable bonds is 0. The fourth-order valence-electron chi connectivity index (χ4n) is 3.97. The molecule has 4 aromatic rings. The molecule has 12 nitrogen and oxygen atoms in total. The Kier molecular flexibility index (Phi) is 56.7. The normalized spacial score (nSPS) is 13.3. The molecule has 4 aromatic carbocycles. The van der Waals surface area contributed by atoms with E-state index in [1.165, 1.54) is 99.9 Å². The summed E-state index contributed by atoms with van der Waals surface area (Å²) >= 11 is 43.3. The molecule has 4 heterocycles. The van der Waals surface area contributed by atoms with E-state index in [1.54, 1.807) is 24.3 Å². The van der Waals surface area contributed by atoms with Crippen molar-refractivity contribution < 1.29 is 124 Å². The van der Waals surface area contributed by atoms with Crippen molar-refractivity contribution in [3.8, 4) is 23.0 Å². The summed E-state index contributed by atoms with van der Waals surface area (Å²) in [5, 5.41) is 44.2. The maximum Gasteiger partial charge on any atom is 0.0466 e. The average molecular weight is 1480 g/mol. The van der Waals surface area contributed by atoms with Gasteiger partial charge in [-0.05, 0) is 99.9 Å². The van der Waals surface area contributed by atoms with Crippen LogP contribution < -0.4 is 20.4 Å². The van der Waals surface area contributed by atoms with Gasteiger partial charge >= 0.3 is 0 Å². The maximum atomic E-state index is 10.7. The molecule has 22 heteroatoms. The van der Waals surface area contributed by atoms with Crippen molar-refractivity contribution in [2.24, 2.45) is 0 Å². The first-order valence-corrected chi connectivity index (χ1v) is 20.6. The van der Waals surface area contributed by atoms with Gasteiger partial charge in [0.15, 0.2) is 0 Å². The standard InChI is InChI=1S/4C6H4Cl2O.4C4H8O.4O.2U/c4*7-4-2-1-3-5(8)6(4)9;4*1-2-4-5-3-1;;;;;;/h4*1-3,9H;4*1-4H2;;;;;;/q;;;;;;;;4*-2;;/p-4. The van der Waals surface area contributed by atoms with Crippen LogP contribution in [0.1, 0.15) is 51.4 Å². The Morgan fingerprint density at radius 1 is 0.274 bits per heavy atom. The van der Waals surface area contributed by atoms with Crippen LogP contribution in [0.15, 0.2) is 72.8 Å². The summed E-state index contributed by atoms with van der Waals surface area (Å²) in [6.45, 7) is 8.00. The number of hydrogen-bond acceptors (Lipinski definition) is 8. The Morgan fingerprint density at radius 3 is 0.452 bits per heavy atom. The SMILES string of the molecule is C1CCOC1.C1CCOC1.C1CCOC1.C1CCOC1.[O-2].[O-2].[O-2].[O-2].[O-]c1c(Cl)cccc1Cl.[O-]c1c(Cl)cccc1Cl.[O-]c1c(Cl)cccc1Cl.[O-]c1c(Cl)cccc1Cl.[U].[U]. The number of hydrogen-bond donors (Lipinski definition) is 0. The van der Waals surface area contributed by atoms with E-state index in [-0.39, 0.29) is 147 Å². The Labute approximate surface area is 451 Å². The van der Waals surface area contributed by atoms with Gasteiger partial charge in [-0.2, -0.15) is 0 Å². The summed E-state index contributed by atoms with van der Waals surface area (Å²) in [5.74, 6) is -1.22. The van der Waals surface area contributed by atoms with Crippen molar-refractivity contribution in [2.75, 3.05) is 52.9 Å². The number of para-hydroxylation sites is 4. The predicted octanol–water partition coefficient (Wildman–Crippen LogP) is 11.0. The quantitative estimate of drug-likeness (QED) is 0.163. The second-order valence-electron chi connectivity index (χ2n) is 11.5. The second-order valence-corrected chi connectivity index (χ2v) is 14.7. The van der Waals surface area contributed by atoms with Crippen molar-refractivity contribution >= 4 is 92.8 Å². The van der Waals surface area contributed by atoms with Gasteiger partial charge in [0.25, 0.3) is 0 Å². The average Bonchev–Trinajstić information content (AvgIpc) is 4.04. The smallest absolute Gasteiger partial charge is 0.0466 e. The fraction of sp³-hybridized carbons (Fsp3) is 0.400. The van der Waals surface area contributed by atoms with Gasteiger partial charge in [0.05, 0.1) is 0 Å². The Bertz CT molecular complexity index is 1290. The van der Waals surface area contributed by atoms with Gasteiger partial charge in [-0.1, -0.05) is 140 Å². The minimum Gasteiger partial charge on any atom is -2.00 e. The van der Waals surface area contributed by atoms with Gasteiger partial charge in [0.2, 0.25) is 0 Å². The van der Waals surface area contributed by atoms with Gasteiger partial charge in [-0.25, -0.2) is 0 Å². The third-order valence-electron chi connectivity index (χ3n) is 6.99. The van der Waals surface area contributed by atoms with Gasteiger partial charge in [-0.3, -0.25) is 0 Å². The van der Waals surface area contributed by atoms with Crippen LogP contribution in [0.2, 0.25) is 40.2 Å². The summed E-state index contributed by atoms with van der Waals surface area (Å²) in [4.78, 5) is 0. The largest absolute Gasteiger partial charge is 2.00 e. The molecule has 0 N–H and O–H groups in total. The third-order valence-corrected chi connectivity index (χ3v) is 9.37. The van der Waals surface area contributed by atoms with E-state index in [1.807, 2.05) is 0 Å². The molecule has 0 unspecified atom stereocenters. The van der Waals surface area contributed by atoms with Gasteiger partial charge < -0.3 is 61.3 Å². The first kappa shape index (κ1) is 73.7. The van der Waals surface area contributed by atoms with Crippen molar-refractivity contribution in [3.05, 3.63) is 113 Å². The molecule has 0 bridgehead atoms. The van der Waals surface area contributed by atoms with Crippen LogP contribution in [0.4, 0.5) is 0 Å². The van der Waals surface area contributed by atoms with Crippen molar-refractivity contribution in [3.63, 3.8) is 0 Å². The zero-order valence-electron chi connectivity index (χ0n) is 33.2. The molecule has 0 atom stereocenters. The van der Waals surface area contributed by atoms with Crippen LogP contribution in [0.5, 0.6) is 23.0 Å². The van der Waals surface area contributed by atoms with E-state index in [9.17, 15) is 20.4 Å². The molecule has 0 radical (unpaired) electrons. The molecule has 8 rings (SSSR count). The molecular weight excluding hydrogens is 1430 g/mol. The monoisotopic (exact) mass is 1470 g/mol. The third kappa shape index (κ3) is 36.3. The topological polar surface area (TPSA) is 243 Å². The van der Waals surface area contributed by atoms with Crippen LogP contribution in [-0.2, 0) is 40.9 Å². The molecule has 4 saturated heterocycles. The summed E-state index contributed by atoms with van der Waals surface area (Å²) in [7, 11) is 0. The molecule has 4 aliphatic heterocycles. The van der Waals surface area contributed by atoms with E-state index in [0.717, 1.165) is 52.9 Å². The van der Waals surface area contributed by atoms with Crippen molar-refractivity contribution in [1.29, 1.82) is 0 Å². The zero-order chi connectivity index (χ0) is 41.6. The predicted molar refractivity (Wildman–Crippen MR) is 227 cm³/mol. The van der Waals surface area contributed by atoms with E-state index in [0.29, 0.717) is 0 Å². The zero-order valence-corrected chi connectivity index (χ0v) is 47.5. The number of benzene rings is 4. The molecule has 4 aliphatic rings. The molecule has 4 fully saturated rings. The Morgan fingerprint density at radius 2 is 0.387 bits per heavy atom. The fourth-order valence-corrected chi connectivity index (χ4v) is 5.56. The minimum absolute atomic E-state index is 0. The Balaban J connectivity index is -0.000000144. The summed E-state index contributed by atoms with van der Waals surface area (Å²) in [5.41, 5.74) is 0. The van der Waals surface area contributed by atoms with Gasteiger partial charge in [0.1, 0.15) is 0 Å². The minimum atomic E-state index is -0.305. The molecule has 0 aliphatic carbocycles. The van der Waals surface area contributed by atoms with E-state index in [2.05, 4.69) is 0 Å². The number of ether oxygens (including phenoxy) is 4. The summed E-state index contributed by atoms with van der Waals surface area (Å²) in [6.07, 6.45) is 10.2. The first-order chi connectivity index (χ1) is 26.9. The van der Waals surface area contributed by atoms with E-state index < -0.39 is 0 Å². The van der Waals surface area contributed by atoms with E-state index in [4.69, 9.17) is 112 Å². The van der Waals surface area contributed by atoms with Gasteiger partial charge in [0, 0.05) is 155 Å². The summed E-state index contributed by atoms with van der Waals surface area (Å²) in [6, 6.07) is 18.6. The molecular formula is C40H44Cl8O12U2-12. The molecule has 0 saturated carbocycles. The van der Waals surface area contributed by atoms with Crippen LogP contribution in [0, 0.1) is 62.2 Å². The first-order valence-electron chi connectivity index (χ1n) is 17.6.